The van der Waals surface area contributed by atoms with E-state index in [1.54, 1.807) is 36.7 Å². The molecule has 0 spiro atoms. The number of benzene rings is 1. The van der Waals surface area contributed by atoms with E-state index in [-0.39, 0.29) is 11.5 Å². The summed E-state index contributed by atoms with van der Waals surface area (Å²) in [6, 6.07) is 11.5. The van der Waals surface area contributed by atoms with Crippen LogP contribution in [0.5, 0.6) is 0 Å². The number of nitrogens with one attached hydrogen (secondary N) is 1. The molecule has 0 saturated carbocycles. The molecule has 0 aliphatic heterocycles. The average molecular weight is 269 g/mol. The maximum Gasteiger partial charge on any atom is 0.326 e. The van der Waals surface area contributed by atoms with Crippen LogP contribution in [0.1, 0.15) is 5.69 Å². The molecule has 1 N–H and O–H groups in total. The number of fused-ring (bicyclic) bond motifs is 1. The molecule has 100 valence electrons. The topological polar surface area (TPSA) is 46.9 Å². The molecule has 0 saturated heterocycles. The second kappa shape index (κ2) is 5.13. The molecule has 2 heterocycles. The SMILES string of the molecule is O=C(NCc1ccccn1)n1ccc2cccc(F)c21. The number of aromatic nitrogens is 2. The van der Waals surface area contributed by atoms with Gasteiger partial charge in [0, 0.05) is 17.8 Å². The third-order valence-corrected chi connectivity index (χ3v) is 3.03. The van der Waals surface area contributed by atoms with Gasteiger partial charge in [-0.3, -0.25) is 9.55 Å². The number of rotatable bonds is 2. The summed E-state index contributed by atoms with van der Waals surface area (Å²) in [4.78, 5) is 16.2. The highest BCUT2D eigenvalue weighted by atomic mass is 19.1. The van der Waals surface area contributed by atoms with Crippen molar-refractivity contribution >= 4 is 16.9 Å². The van der Waals surface area contributed by atoms with Crippen LogP contribution in [0, 0.1) is 5.82 Å². The summed E-state index contributed by atoms with van der Waals surface area (Å²) in [5.41, 5.74) is 1.03. The van der Waals surface area contributed by atoms with Gasteiger partial charge in [-0.2, -0.15) is 0 Å². The summed E-state index contributed by atoms with van der Waals surface area (Å²) in [5.74, 6) is -0.416. The Bertz CT molecular complexity index is 752. The summed E-state index contributed by atoms with van der Waals surface area (Å²) in [5, 5.41) is 3.41. The van der Waals surface area contributed by atoms with Crippen LogP contribution in [0.25, 0.3) is 10.9 Å². The predicted molar refractivity (Wildman–Crippen MR) is 73.8 cm³/mol. The van der Waals surface area contributed by atoms with Gasteiger partial charge in [-0.05, 0) is 24.3 Å². The van der Waals surface area contributed by atoms with E-state index in [4.69, 9.17) is 0 Å². The average Bonchev–Trinajstić information content (AvgIpc) is 2.91. The second-order valence-electron chi connectivity index (χ2n) is 4.34. The molecule has 4 nitrogen and oxygen atoms in total. The van der Waals surface area contributed by atoms with Gasteiger partial charge >= 0.3 is 6.03 Å². The summed E-state index contributed by atoms with van der Waals surface area (Å²) in [6.07, 6.45) is 3.22. The lowest BCUT2D eigenvalue weighted by Crippen LogP contribution is -2.27. The normalized spacial score (nSPS) is 10.7. The number of carbonyl (C=O) groups excluding carboxylic acids is 1. The van der Waals surface area contributed by atoms with E-state index in [0.29, 0.717) is 11.9 Å². The molecule has 0 radical (unpaired) electrons. The minimum atomic E-state index is -0.416. The third kappa shape index (κ3) is 2.25. The Morgan fingerprint density at radius 3 is 2.90 bits per heavy atom. The molecule has 2 aromatic heterocycles. The van der Waals surface area contributed by atoms with Crippen LogP contribution in [0.3, 0.4) is 0 Å². The van der Waals surface area contributed by atoms with Crippen LogP contribution in [-0.2, 0) is 6.54 Å². The quantitative estimate of drug-likeness (QED) is 0.777. The highest BCUT2D eigenvalue weighted by Crippen LogP contribution is 2.18. The first-order chi connectivity index (χ1) is 9.75. The fraction of sp³-hybridized carbons (Fsp3) is 0.0667. The number of nitrogens with zero attached hydrogens (tertiary/aromatic N) is 2. The molecular formula is C15H12FN3O. The Labute approximate surface area is 114 Å². The third-order valence-electron chi connectivity index (χ3n) is 3.03. The van der Waals surface area contributed by atoms with E-state index in [0.717, 1.165) is 5.69 Å². The number of halogens is 1. The Kier molecular flexibility index (Phi) is 3.16. The van der Waals surface area contributed by atoms with Crippen LogP contribution >= 0.6 is 0 Å². The smallest absolute Gasteiger partial charge is 0.326 e. The van der Waals surface area contributed by atoms with E-state index < -0.39 is 5.82 Å². The van der Waals surface area contributed by atoms with Gasteiger partial charge in [-0.1, -0.05) is 18.2 Å². The molecule has 0 unspecified atom stereocenters. The van der Waals surface area contributed by atoms with Crippen LogP contribution in [-0.4, -0.2) is 15.6 Å². The zero-order valence-electron chi connectivity index (χ0n) is 10.6. The van der Waals surface area contributed by atoms with E-state index in [1.165, 1.54) is 10.6 Å². The van der Waals surface area contributed by atoms with Crippen LogP contribution in [0.4, 0.5) is 9.18 Å². The lowest BCUT2D eigenvalue weighted by atomic mass is 10.2. The molecule has 0 fully saturated rings. The van der Waals surface area contributed by atoms with Gasteiger partial charge in [-0.25, -0.2) is 9.18 Å². The van der Waals surface area contributed by atoms with Crippen molar-refractivity contribution in [3.05, 3.63) is 66.4 Å². The summed E-state index contributed by atoms with van der Waals surface area (Å²) >= 11 is 0. The van der Waals surface area contributed by atoms with Crippen LogP contribution < -0.4 is 5.32 Å². The molecule has 1 aromatic carbocycles. The van der Waals surface area contributed by atoms with Crippen molar-refractivity contribution in [2.75, 3.05) is 0 Å². The van der Waals surface area contributed by atoms with Gasteiger partial charge in [0.25, 0.3) is 0 Å². The van der Waals surface area contributed by atoms with Crippen molar-refractivity contribution in [1.29, 1.82) is 0 Å². The summed E-state index contributed by atoms with van der Waals surface area (Å²) in [6.45, 7) is 0.299. The molecule has 1 amide bonds. The van der Waals surface area contributed by atoms with E-state index in [9.17, 15) is 9.18 Å². The molecule has 0 atom stereocenters. The van der Waals surface area contributed by atoms with Gasteiger partial charge in [0.2, 0.25) is 0 Å². The molecule has 0 aliphatic carbocycles. The molecule has 0 aliphatic rings. The highest BCUT2D eigenvalue weighted by Gasteiger charge is 2.11. The first kappa shape index (κ1) is 12.3. The van der Waals surface area contributed by atoms with Crippen molar-refractivity contribution in [3.8, 4) is 0 Å². The number of hydrogen-bond donors (Lipinski definition) is 1. The molecular weight excluding hydrogens is 257 g/mol. The fourth-order valence-corrected chi connectivity index (χ4v) is 2.07. The van der Waals surface area contributed by atoms with Gasteiger partial charge in [-0.15, -0.1) is 0 Å². The molecule has 20 heavy (non-hydrogen) atoms. The van der Waals surface area contributed by atoms with E-state index in [1.807, 2.05) is 12.1 Å². The lowest BCUT2D eigenvalue weighted by molar-refractivity contribution is 0.242. The van der Waals surface area contributed by atoms with Gasteiger partial charge in [0.15, 0.2) is 0 Å². The van der Waals surface area contributed by atoms with Crippen LogP contribution in [0.2, 0.25) is 0 Å². The minimum absolute atomic E-state index is 0.283. The predicted octanol–water partition coefficient (Wildman–Crippen LogP) is 2.93. The Morgan fingerprint density at radius 1 is 1.20 bits per heavy atom. The molecule has 5 heteroatoms. The maximum absolute atomic E-state index is 13.8. The van der Waals surface area contributed by atoms with Crippen LogP contribution in [0.15, 0.2) is 54.9 Å². The second-order valence-corrected chi connectivity index (χ2v) is 4.34. The number of para-hydroxylation sites is 1. The Hall–Kier alpha value is -2.69. The first-order valence-corrected chi connectivity index (χ1v) is 6.19. The Morgan fingerprint density at radius 2 is 2.10 bits per heavy atom. The maximum atomic E-state index is 13.8. The highest BCUT2D eigenvalue weighted by molar-refractivity contribution is 5.91. The van der Waals surface area contributed by atoms with Crippen molar-refractivity contribution in [1.82, 2.24) is 14.9 Å². The van der Waals surface area contributed by atoms with E-state index >= 15 is 0 Å². The summed E-state index contributed by atoms with van der Waals surface area (Å²) < 4.78 is 15.1. The van der Waals surface area contributed by atoms with Gasteiger partial charge in [0.05, 0.1) is 17.8 Å². The number of pyridine rings is 1. The number of carbonyl (C=O) groups is 1. The number of amides is 1. The van der Waals surface area contributed by atoms with E-state index in [2.05, 4.69) is 10.3 Å². The van der Waals surface area contributed by atoms with Crippen molar-refractivity contribution in [3.63, 3.8) is 0 Å². The zero-order valence-corrected chi connectivity index (χ0v) is 10.6. The zero-order chi connectivity index (χ0) is 13.9. The van der Waals surface area contributed by atoms with Gasteiger partial charge < -0.3 is 5.32 Å². The molecule has 3 aromatic rings. The molecule has 0 bridgehead atoms. The first-order valence-electron chi connectivity index (χ1n) is 6.19. The van der Waals surface area contributed by atoms with Crippen molar-refractivity contribution in [2.45, 2.75) is 6.54 Å². The molecule has 3 rings (SSSR count). The summed E-state index contributed by atoms with van der Waals surface area (Å²) in [7, 11) is 0. The minimum Gasteiger partial charge on any atom is -0.332 e. The number of hydrogen-bond acceptors (Lipinski definition) is 2. The Balaban J connectivity index is 1.83. The van der Waals surface area contributed by atoms with Gasteiger partial charge in [0.1, 0.15) is 5.82 Å². The largest absolute Gasteiger partial charge is 0.332 e. The monoisotopic (exact) mass is 269 g/mol. The standard InChI is InChI=1S/C15H12FN3O/c16-13-6-3-4-11-7-9-19(14(11)13)15(20)18-10-12-5-1-2-8-17-12/h1-9H,10H2,(H,18,20). The van der Waals surface area contributed by atoms with Crippen molar-refractivity contribution in [2.24, 2.45) is 0 Å². The fourth-order valence-electron chi connectivity index (χ4n) is 2.07. The van der Waals surface area contributed by atoms with Crippen molar-refractivity contribution < 1.29 is 9.18 Å². The lowest BCUT2D eigenvalue weighted by Gasteiger charge is -2.07.